The summed E-state index contributed by atoms with van der Waals surface area (Å²) >= 11 is 1.74. The van der Waals surface area contributed by atoms with Gasteiger partial charge in [0.15, 0.2) is 0 Å². The van der Waals surface area contributed by atoms with Crippen molar-refractivity contribution in [3.05, 3.63) is 0 Å². The van der Waals surface area contributed by atoms with Gasteiger partial charge in [0.05, 0.1) is 18.4 Å². The normalized spacial score (nSPS) is 19.3. The topological polar surface area (TPSA) is 61.4 Å². The van der Waals surface area contributed by atoms with Crippen molar-refractivity contribution < 1.29 is 9.90 Å². The SMILES string of the molecule is CC(C)C(CO)NC(=O)CSC1CCNCC1. The minimum absolute atomic E-state index is 0.0153. The number of nitrogens with one attached hydrogen (secondary N) is 2. The molecule has 1 amide bonds. The average molecular weight is 260 g/mol. The molecule has 1 rings (SSSR count). The molecule has 1 aliphatic heterocycles. The highest BCUT2D eigenvalue weighted by Gasteiger charge is 2.18. The van der Waals surface area contributed by atoms with Gasteiger partial charge in [0, 0.05) is 5.25 Å². The highest BCUT2D eigenvalue weighted by molar-refractivity contribution is 8.00. The van der Waals surface area contributed by atoms with Crippen molar-refractivity contribution in [1.82, 2.24) is 10.6 Å². The second-order valence-corrected chi connectivity index (χ2v) is 6.15. The molecule has 3 N–H and O–H groups in total. The van der Waals surface area contributed by atoms with Crippen LogP contribution in [0.25, 0.3) is 0 Å². The van der Waals surface area contributed by atoms with Gasteiger partial charge in [-0.25, -0.2) is 0 Å². The standard InChI is InChI=1S/C12H24N2O2S/c1-9(2)11(7-15)14-12(16)8-17-10-3-5-13-6-4-10/h9-11,13,15H,3-8H2,1-2H3,(H,14,16). The second kappa shape index (κ2) is 7.95. The summed E-state index contributed by atoms with van der Waals surface area (Å²) in [6, 6.07) is -0.115. The Labute approximate surface area is 108 Å². The smallest absolute Gasteiger partial charge is 0.230 e. The van der Waals surface area contributed by atoms with E-state index in [0.717, 1.165) is 25.9 Å². The van der Waals surface area contributed by atoms with E-state index in [2.05, 4.69) is 10.6 Å². The molecule has 1 aliphatic rings. The second-order valence-electron chi connectivity index (χ2n) is 4.86. The van der Waals surface area contributed by atoms with Crippen molar-refractivity contribution in [2.75, 3.05) is 25.4 Å². The van der Waals surface area contributed by atoms with E-state index >= 15 is 0 Å². The first-order chi connectivity index (χ1) is 8.13. The molecule has 0 aromatic heterocycles. The summed E-state index contributed by atoms with van der Waals surface area (Å²) in [7, 11) is 0. The number of carbonyl (C=O) groups excluding carboxylic acids is 1. The summed E-state index contributed by atoms with van der Waals surface area (Å²) in [5.41, 5.74) is 0. The highest BCUT2D eigenvalue weighted by Crippen LogP contribution is 2.19. The summed E-state index contributed by atoms with van der Waals surface area (Å²) in [5, 5.41) is 15.9. The molecule has 0 aromatic carbocycles. The lowest BCUT2D eigenvalue weighted by Gasteiger charge is -2.23. The van der Waals surface area contributed by atoms with E-state index < -0.39 is 0 Å². The summed E-state index contributed by atoms with van der Waals surface area (Å²) in [5.74, 6) is 0.822. The Morgan fingerprint density at radius 3 is 2.65 bits per heavy atom. The lowest BCUT2D eigenvalue weighted by atomic mass is 10.1. The maximum Gasteiger partial charge on any atom is 0.230 e. The van der Waals surface area contributed by atoms with Gasteiger partial charge in [0.25, 0.3) is 0 Å². The molecule has 17 heavy (non-hydrogen) atoms. The lowest BCUT2D eigenvalue weighted by molar-refractivity contribution is -0.119. The Kier molecular flexibility index (Phi) is 6.92. The average Bonchev–Trinajstić information content (AvgIpc) is 2.34. The van der Waals surface area contributed by atoms with Gasteiger partial charge < -0.3 is 15.7 Å². The van der Waals surface area contributed by atoms with E-state index in [4.69, 9.17) is 5.11 Å². The van der Waals surface area contributed by atoms with Crippen LogP contribution in [0.4, 0.5) is 0 Å². The summed E-state index contributed by atoms with van der Waals surface area (Å²) < 4.78 is 0. The molecule has 0 aliphatic carbocycles. The van der Waals surface area contributed by atoms with E-state index in [1.807, 2.05) is 13.8 Å². The Balaban J connectivity index is 2.19. The fourth-order valence-corrected chi connectivity index (χ4v) is 2.87. The highest BCUT2D eigenvalue weighted by atomic mass is 32.2. The molecular formula is C12H24N2O2S. The van der Waals surface area contributed by atoms with Gasteiger partial charge in [-0.15, -0.1) is 11.8 Å². The van der Waals surface area contributed by atoms with Crippen LogP contribution in [-0.2, 0) is 4.79 Å². The third-order valence-electron chi connectivity index (χ3n) is 3.08. The van der Waals surface area contributed by atoms with E-state index in [1.54, 1.807) is 11.8 Å². The number of aliphatic hydroxyl groups is 1. The minimum Gasteiger partial charge on any atom is -0.394 e. The van der Waals surface area contributed by atoms with Crippen molar-refractivity contribution in [3.8, 4) is 0 Å². The van der Waals surface area contributed by atoms with Crippen LogP contribution in [0.5, 0.6) is 0 Å². The third kappa shape index (κ3) is 5.75. The Hall–Kier alpha value is -0.260. The van der Waals surface area contributed by atoms with Gasteiger partial charge in [0.1, 0.15) is 0 Å². The van der Waals surface area contributed by atoms with Crippen LogP contribution < -0.4 is 10.6 Å². The van der Waals surface area contributed by atoms with Gasteiger partial charge in [-0.2, -0.15) is 0 Å². The van der Waals surface area contributed by atoms with Crippen LogP contribution in [0.15, 0.2) is 0 Å². The zero-order valence-electron chi connectivity index (χ0n) is 10.7. The number of thioether (sulfide) groups is 1. The zero-order valence-corrected chi connectivity index (χ0v) is 11.6. The molecule has 0 radical (unpaired) electrons. The summed E-state index contributed by atoms with van der Waals surface area (Å²) in [6.45, 7) is 6.14. The first-order valence-electron chi connectivity index (χ1n) is 6.36. The van der Waals surface area contributed by atoms with Gasteiger partial charge in [-0.1, -0.05) is 13.8 Å². The van der Waals surface area contributed by atoms with Crippen LogP contribution in [0.2, 0.25) is 0 Å². The number of aliphatic hydroxyl groups excluding tert-OH is 1. The molecule has 0 spiro atoms. The molecule has 1 unspecified atom stereocenters. The molecular weight excluding hydrogens is 236 g/mol. The quantitative estimate of drug-likeness (QED) is 0.655. The fourth-order valence-electron chi connectivity index (χ4n) is 1.83. The molecule has 5 heteroatoms. The van der Waals surface area contributed by atoms with Crippen LogP contribution >= 0.6 is 11.8 Å². The first-order valence-corrected chi connectivity index (χ1v) is 7.41. The van der Waals surface area contributed by atoms with Crippen molar-refractivity contribution in [3.63, 3.8) is 0 Å². The molecule has 4 nitrogen and oxygen atoms in total. The van der Waals surface area contributed by atoms with E-state index in [1.165, 1.54) is 0 Å². The molecule has 1 fully saturated rings. The summed E-state index contributed by atoms with van der Waals surface area (Å²) in [4.78, 5) is 11.7. The van der Waals surface area contributed by atoms with Crippen LogP contribution in [-0.4, -0.2) is 47.8 Å². The molecule has 1 atom stereocenters. The largest absolute Gasteiger partial charge is 0.394 e. The van der Waals surface area contributed by atoms with Crippen molar-refractivity contribution in [2.24, 2.45) is 5.92 Å². The predicted molar refractivity (Wildman–Crippen MR) is 72.2 cm³/mol. The molecule has 1 saturated heterocycles. The molecule has 1 heterocycles. The molecule has 0 aromatic rings. The lowest BCUT2D eigenvalue weighted by Crippen LogP contribution is -2.42. The zero-order chi connectivity index (χ0) is 12.7. The maximum atomic E-state index is 11.7. The first kappa shape index (κ1) is 14.8. The van der Waals surface area contributed by atoms with Crippen LogP contribution in [0.1, 0.15) is 26.7 Å². The number of amides is 1. The number of carbonyl (C=O) groups is 1. The number of piperidine rings is 1. The van der Waals surface area contributed by atoms with Gasteiger partial charge in [0.2, 0.25) is 5.91 Å². The van der Waals surface area contributed by atoms with Crippen molar-refractivity contribution in [1.29, 1.82) is 0 Å². The number of hydrogen-bond donors (Lipinski definition) is 3. The monoisotopic (exact) mass is 260 g/mol. The predicted octanol–water partition coefficient (Wildman–Crippen LogP) is 0.605. The van der Waals surface area contributed by atoms with Crippen LogP contribution in [0, 0.1) is 5.92 Å². The van der Waals surface area contributed by atoms with Crippen LogP contribution in [0.3, 0.4) is 0 Å². The Morgan fingerprint density at radius 1 is 1.47 bits per heavy atom. The van der Waals surface area contributed by atoms with Gasteiger partial charge >= 0.3 is 0 Å². The van der Waals surface area contributed by atoms with E-state index in [9.17, 15) is 4.79 Å². The number of rotatable bonds is 6. The minimum atomic E-state index is -0.115. The van der Waals surface area contributed by atoms with Gasteiger partial charge in [-0.05, 0) is 31.8 Å². The van der Waals surface area contributed by atoms with Crippen molar-refractivity contribution in [2.45, 2.75) is 38.0 Å². The van der Waals surface area contributed by atoms with Crippen molar-refractivity contribution >= 4 is 17.7 Å². The maximum absolute atomic E-state index is 11.7. The number of hydrogen-bond acceptors (Lipinski definition) is 4. The molecule has 0 saturated carbocycles. The molecule has 0 bridgehead atoms. The molecule has 100 valence electrons. The Bertz CT molecular complexity index is 231. The third-order valence-corrected chi connectivity index (χ3v) is 4.46. The summed E-state index contributed by atoms with van der Waals surface area (Å²) in [6.07, 6.45) is 2.29. The Morgan fingerprint density at radius 2 is 2.12 bits per heavy atom. The van der Waals surface area contributed by atoms with Gasteiger partial charge in [-0.3, -0.25) is 4.79 Å². The fraction of sp³-hybridized carbons (Fsp3) is 0.917. The van der Waals surface area contributed by atoms with E-state index in [0.29, 0.717) is 11.0 Å². The van der Waals surface area contributed by atoms with E-state index in [-0.39, 0.29) is 24.5 Å².